The number of nitrogens with one attached hydrogen (secondary N) is 1. The lowest BCUT2D eigenvalue weighted by atomic mass is 9.99. The molecule has 0 aliphatic rings. The summed E-state index contributed by atoms with van der Waals surface area (Å²) in [6.07, 6.45) is 6.30. The molecule has 1 heteroatoms. The maximum absolute atomic E-state index is 7.66. The van der Waals surface area contributed by atoms with Gasteiger partial charge in [0.25, 0.3) is 0 Å². The van der Waals surface area contributed by atoms with Crippen molar-refractivity contribution in [3.8, 4) is 0 Å². The van der Waals surface area contributed by atoms with Crippen LogP contribution in [0.4, 0.5) is 0 Å². The first-order valence-corrected chi connectivity index (χ1v) is 4.89. The third-order valence-corrected chi connectivity index (χ3v) is 2.17. The van der Waals surface area contributed by atoms with Crippen LogP contribution >= 0.6 is 0 Å². The molecule has 1 unspecified atom stereocenters. The van der Waals surface area contributed by atoms with Crippen molar-refractivity contribution in [1.29, 1.82) is 0 Å². The summed E-state index contributed by atoms with van der Waals surface area (Å²) in [5, 5.41) is 0. The van der Waals surface area contributed by atoms with Crippen molar-refractivity contribution in [1.82, 2.24) is 5.73 Å². The quantitative estimate of drug-likeness (QED) is 0.527. The van der Waals surface area contributed by atoms with E-state index < -0.39 is 0 Å². The van der Waals surface area contributed by atoms with Gasteiger partial charge in [0.05, 0.1) is 0 Å². The average Bonchev–Trinajstić information content (AvgIpc) is 1.97. The van der Waals surface area contributed by atoms with E-state index in [-0.39, 0.29) is 6.04 Å². The Labute approximate surface area is 71.4 Å². The second-order valence-corrected chi connectivity index (χ2v) is 3.70. The predicted molar refractivity (Wildman–Crippen MR) is 50.5 cm³/mol. The van der Waals surface area contributed by atoms with Crippen molar-refractivity contribution in [3.63, 3.8) is 0 Å². The van der Waals surface area contributed by atoms with Crippen molar-refractivity contribution in [2.45, 2.75) is 58.9 Å². The summed E-state index contributed by atoms with van der Waals surface area (Å²) in [7, 11) is 0. The summed E-state index contributed by atoms with van der Waals surface area (Å²) in [4.78, 5) is 0. The van der Waals surface area contributed by atoms with E-state index in [1.807, 2.05) is 0 Å². The summed E-state index contributed by atoms with van der Waals surface area (Å²) in [5.41, 5.74) is 7.66. The normalized spacial score (nSPS) is 13.9. The molecule has 0 fully saturated rings. The molecular weight excluding hydrogens is 134 g/mol. The van der Waals surface area contributed by atoms with E-state index in [4.69, 9.17) is 5.73 Å². The van der Waals surface area contributed by atoms with Crippen LogP contribution in [0.1, 0.15) is 52.9 Å². The first-order chi connectivity index (χ1) is 5.18. The van der Waals surface area contributed by atoms with E-state index in [0.29, 0.717) is 5.92 Å². The third kappa shape index (κ3) is 6.36. The second-order valence-electron chi connectivity index (χ2n) is 3.70. The molecule has 0 aromatic carbocycles. The van der Waals surface area contributed by atoms with Gasteiger partial charge in [-0.05, 0) is 12.3 Å². The predicted octanol–water partition coefficient (Wildman–Crippen LogP) is 3.26. The molecule has 0 aliphatic carbocycles. The van der Waals surface area contributed by atoms with E-state index in [2.05, 4.69) is 20.8 Å². The highest BCUT2D eigenvalue weighted by Crippen LogP contribution is 2.10. The fourth-order valence-electron chi connectivity index (χ4n) is 1.12. The van der Waals surface area contributed by atoms with Crippen molar-refractivity contribution < 1.29 is 0 Å². The van der Waals surface area contributed by atoms with Gasteiger partial charge in [-0.1, -0.05) is 46.5 Å². The maximum atomic E-state index is 7.66. The van der Waals surface area contributed by atoms with E-state index in [1.165, 1.54) is 25.7 Å². The number of rotatable bonds is 6. The van der Waals surface area contributed by atoms with Gasteiger partial charge >= 0.3 is 0 Å². The van der Waals surface area contributed by atoms with Crippen LogP contribution in [0.15, 0.2) is 0 Å². The zero-order valence-corrected chi connectivity index (χ0v) is 8.19. The molecular formula is C10H22N. The second kappa shape index (κ2) is 6.66. The standard InChI is InChI=1S/C10H22N/c1-4-5-6-7-8-10(11)9(2)3/h9-11H,4-8H2,1-3H3. The molecule has 0 saturated heterocycles. The minimum atomic E-state index is 0.173. The van der Waals surface area contributed by atoms with Crippen LogP contribution in [0.5, 0.6) is 0 Å². The average molecular weight is 156 g/mol. The van der Waals surface area contributed by atoms with Crippen molar-refractivity contribution in [3.05, 3.63) is 0 Å². The Morgan fingerprint density at radius 3 is 2.18 bits per heavy atom. The molecule has 0 rings (SSSR count). The molecule has 0 heterocycles. The molecule has 0 amide bonds. The minimum absolute atomic E-state index is 0.173. The molecule has 0 aromatic rings. The SMILES string of the molecule is CCCCCCC([NH])C(C)C. The van der Waals surface area contributed by atoms with Crippen LogP contribution in [0.3, 0.4) is 0 Å². The van der Waals surface area contributed by atoms with Crippen molar-refractivity contribution in [2.75, 3.05) is 0 Å². The highest BCUT2D eigenvalue weighted by Gasteiger charge is 2.06. The lowest BCUT2D eigenvalue weighted by Gasteiger charge is -2.13. The van der Waals surface area contributed by atoms with Crippen LogP contribution in [0.25, 0.3) is 0 Å². The molecule has 11 heavy (non-hydrogen) atoms. The Morgan fingerprint density at radius 2 is 1.73 bits per heavy atom. The monoisotopic (exact) mass is 156 g/mol. The van der Waals surface area contributed by atoms with Crippen LogP contribution in [0.2, 0.25) is 0 Å². The Balaban J connectivity index is 3.10. The minimum Gasteiger partial charge on any atom is -0.254 e. The van der Waals surface area contributed by atoms with Gasteiger partial charge in [0.1, 0.15) is 0 Å². The highest BCUT2D eigenvalue weighted by molar-refractivity contribution is 4.63. The Kier molecular flexibility index (Phi) is 6.63. The summed E-state index contributed by atoms with van der Waals surface area (Å²) in [6.45, 7) is 6.50. The van der Waals surface area contributed by atoms with E-state index in [0.717, 1.165) is 6.42 Å². The summed E-state index contributed by atoms with van der Waals surface area (Å²) < 4.78 is 0. The molecule has 0 aromatic heterocycles. The fourth-order valence-corrected chi connectivity index (χ4v) is 1.12. The summed E-state index contributed by atoms with van der Waals surface area (Å²) >= 11 is 0. The lowest BCUT2D eigenvalue weighted by molar-refractivity contribution is 0.431. The fraction of sp³-hybridized carbons (Fsp3) is 1.00. The molecule has 0 saturated carbocycles. The van der Waals surface area contributed by atoms with Gasteiger partial charge in [-0.15, -0.1) is 0 Å². The van der Waals surface area contributed by atoms with Crippen LogP contribution in [-0.2, 0) is 0 Å². The van der Waals surface area contributed by atoms with Gasteiger partial charge in [-0.3, -0.25) is 5.73 Å². The molecule has 0 aliphatic heterocycles. The van der Waals surface area contributed by atoms with Crippen LogP contribution in [0, 0.1) is 5.92 Å². The Bertz CT molecular complexity index is 78.9. The maximum Gasteiger partial charge on any atom is 0.0236 e. The van der Waals surface area contributed by atoms with Gasteiger partial charge in [0.2, 0.25) is 0 Å². The van der Waals surface area contributed by atoms with E-state index in [9.17, 15) is 0 Å². The number of hydrogen-bond acceptors (Lipinski definition) is 0. The first kappa shape index (κ1) is 11.0. The molecule has 1 N–H and O–H groups in total. The molecule has 0 bridgehead atoms. The van der Waals surface area contributed by atoms with Gasteiger partial charge in [0, 0.05) is 6.04 Å². The third-order valence-electron chi connectivity index (χ3n) is 2.17. The lowest BCUT2D eigenvalue weighted by Crippen LogP contribution is -2.16. The highest BCUT2D eigenvalue weighted by atomic mass is 14.6. The van der Waals surface area contributed by atoms with Crippen molar-refractivity contribution >= 4 is 0 Å². The molecule has 1 atom stereocenters. The van der Waals surface area contributed by atoms with Crippen molar-refractivity contribution in [2.24, 2.45) is 5.92 Å². The first-order valence-electron chi connectivity index (χ1n) is 4.89. The van der Waals surface area contributed by atoms with E-state index in [1.54, 1.807) is 0 Å². The summed E-state index contributed by atoms with van der Waals surface area (Å²) in [5.74, 6) is 0.539. The van der Waals surface area contributed by atoms with Crippen LogP contribution < -0.4 is 5.73 Å². The molecule has 1 radical (unpaired) electrons. The van der Waals surface area contributed by atoms with Gasteiger partial charge < -0.3 is 0 Å². The summed E-state index contributed by atoms with van der Waals surface area (Å²) in [6, 6.07) is 0.173. The van der Waals surface area contributed by atoms with Gasteiger partial charge in [-0.2, -0.15) is 0 Å². The topological polar surface area (TPSA) is 23.8 Å². The molecule has 1 nitrogen and oxygen atoms in total. The smallest absolute Gasteiger partial charge is 0.0236 e. The molecule has 0 spiro atoms. The van der Waals surface area contributed by atoms with Crippen LogP contribution in [-0.4, -0.2) is 6.04 Å². The Hall–Kier alpha value is -0.0400. The number of unbranched alkanes of at least 4 members (excludes halogenated alkanes) is 3. The molecule has 67 valence electrons. The van der Waals surface area contributed by atoms with Gasteiger partial charge in [-0.25, -0.2) is 0 Å². The Morgan fingerprint density at radius 1 is 1.09 bits per heavy atom. The zero-order chi connectivity index (χ0) is 8.69. The van der Waals surface area contributed by atoms with E-state index >= 15 is 0 Å². The number of hydrogen-bond donors (Lipinski definition) is 0. The zero-order valence-electron chi connectivity index (χ0n) is 8.19. The largest absolute Gasteiger partial charge is 0.254 e. The van der Waals surface area contributed by atoms with Gasteiger partial charge in [0.15, 0.2) is 0 Å².